The van der Waals surface area contributed by atoms with Gasteiger partial charge in [0.1, 0.15) is 10.0 Å². The fourth-order valence-electron chi connectivity index (χ4n) is 0.735. The predicted molar refractivity (Wildman–Crippen MR) is 56.2 cm³/mol. The van der Waals surface area contributed by atoms with Crippen LogP contribution in [0.1, 0.15) is 6.92 Å². The molecule has 0 aliphatic heterocycles. The molecule has 15 heavy (non-hydrogen) atoms. The largest absolute Gasteiger partial charge is 0.287 e. The van der Waals surface area contributed by atoms with Crippen molar-refractivity contribution in [1.82, 2.24) is 9.87 Å². The zero-order valence-corrected chi connectivity index (χ0v) is 10.0. The van der Waals surface area contributed by atoms with Crippen LogP contribution < -0.4 is 4.89 Å². The molecule has 84 valence electrons. The van der Waals surface area contributed by atoms with Crippen molar-refractivity contribution < 1.29 is 13.3 Å². The second-order valence-electron chi connectivity index (χ2n) is 2.46. The number of hydrogen-bond donors (Lipinski definition) is 1. The lowest BCUT2D eigenvalue weighted by Gasteiger charge is -2.05. The molecule has 0 aliphatic carbocycles. The molecule has 1 heterocycles. The molecule has 0 amide bonds. The maximum Gasteiger partial charge on any atom is 0.264 e. The lowest BCUT2D eigenvalue weighted by molar-refractivity contribution is 0.105. The third kappa shape index (κ3) is 3.29. The second kappa shape index (κ2) is 5.09. The second-order valence-corrected chi connectivity index (χ2v) is 4.87. The minimum atomic E-state index is -3.74. The van der Waals surface area contributed by atoms with Gasteiger partial charge in [-0.15, -0.1) is 0 Å². The lowest BCUT2D eigenvalue weighted by Crippen LogP contribution is -2.24. The Morgan fingerprint density at radius 2 is 2.20 bits per heavy atom. The van der Waals surface area contributed by atoms with Crippen LogP contribution in [0.3, 0.4) is 0 Å². The van der Waals surface area contributed by atoms with Gasteiger partial charge in [-0.05, 0) is 13.0 Å². The summed E-state index contributed by atoms with van der Waals surface area (Å²) in [6.45, 7) is 1.86. The molecule has 1 aromatic rings. The van der Waals surface area contributed by atoms with Crippen molar-refractivity contribution in [2.24, 2.45) is 0 Å². The fourth-order valence-corrected chi connectivity index (χ4v) is 1.90. The fraction of sp³-hybridized carbons (Fsp3) is 0.286. The molecule has 1 rings (SSSR count). The highest BCUT2D eigenvalue weighted by atomic mass is 35.5. The number of nitrogens with one attached hydrogen (secondary N) is 1. The maximum absolute atomic E-state index is 11.5. The first-order valence-electron chi connectivity index (χ1n) is 3.92. The average Bonchev–Trinajstić information content (AvgIpc) is 2.19. The Morgan fingerprint density at radius 1 is 1.53 bits per heavy atom. The SMILES string of the molecule is CCONS(=O)(=O)c1cnc(Cl)c(Cl)c1. The van der Waals surface area contributed by atoms with Crippen LogP contribution in [-0.2, 0) is 14.9 Å². The van der Waals surface area contributed by atoms with Gasteiger partial charge in [-0.25, -0.2) is 13.4 Å². The van der Waals surface area contributed by atoms with Crippen molar-refractivity contribution in [2.45, 2.75) is 11.8 Å². The number of hydrogen-bond acceptors (Lipinski definition) is 4. The van der Waals surface area contributed by atoms with E-state index in [0.29, 0.717) is 0 Å². The van der Waals surface area contributed by atoms with Gasteiger partial charge in [0.25, 0.3) is 10.0 Å². The highest BCUT2D eigenvalue weighted by molar-refractivity contribution is 7.89. The standard InChI is InChI=1S/C7H8Cl2N2O3S/c1-2-14-11-15(12,13)5-3-6(8)7(9)10-4-5/h3-4,11H,2H2,1H3. The maximum atomic E-state index is 11.5. The third-order valence-corrected chi connectivity index (χ3v) is 3.26. The van der Waals surface area contributed by atoms with E-state index in [9.17, 15) is 8.42 Å². The molecule has 0 spiro atoms. The number of rotatable bonds is 4. The Kier molecular flexibility index (Phi) is 4.30. The van der Waals surface area contributed by atoms with E-state index in [1.165, 1.54) is 6.07 Å². The Morgan fingerprint density at radius 3 is 2.73 bits per heavy atom. The topological polar surface area (TPSA) is 68.3 Å². The van der Waals surface area contributed by atoms with Crippen molar-refractivity contribution in [3.8, 4) is 0 Å². The molecule has 8 heteroatoms. The van der Waals surface area contributed by atoms with Gasteiger partial charge in [0.2, 0.25) is 0 Å². The summed E-state index contributed by atoms with van der Waals surface area (Å²) < 4.78 is 23.0. The molecule has 0 aliphatic rings. The summed E-state index contributed by atoms with van der Waals surface area (Å²) in [4.78, 5) is 9.99. The molecule has 0 saturated heterocycles. The van der Waals surface area contributed by atoms with Gasteiger partial charge in [0.15, 0.2) is 0 Å². The van der Waals surface area contributed by atoms with Gasteiger partial charge >= 0.3 is 0 Å². The van der Waals surface area contributed by atoms with Gasteiger partial charge in [0.05, 0.1) is 11.6 Å². The number of halogens is 2. The first kappa shape index (κ1) is 12.7. The van der Waals surface area contributed by atoms with E-state index in [-0.39, 0.29) is 21.7 Å². The number of aromatic nitrogens is 1. The van der Waals surface area contributed by atoms with Gasteiger partial charge in [0, 0.05) is 6.20 Å². The summed E-state index contributed by atoms with van der Waals surface area (Å²) in [6.07, 6.45) is 1.09. The van der Waals surface area contributed by atoms with Crippen LogP contribution in [0.5, 0.6) is 0 Å². The van der Waals surface area contributed by atoms with Crippen molar-refractivity contribution in [3.05, 3.63) is 22.4 Å². The minimum absolute atomic E-state index is 0.0482. The van der Waals surface area contributed by atoms with Crippen molar-refractivity contribution in [3.63, 3.8) is 0 Å². The smallest absolute Gasteiger partial charge is 0.264 e. The third-order valence-electron chi connectivity index (χ3n) is 1.39. The molecule has 0 aromatic carbocycles. The van der Waals surface area contributed by atoms with E-state index in [1.807, 2.05) is 4.89 Å². The van der Waals surface area contributed by atoms with Crippen LogP contribution in [0.4, 0.5) is 0 Å². The molecule has 0 fully saturated rings. The first-order chi connectivity index (χ1) is 6.97. The van der Waals surface area contributed by atoms with Crippen LogP contribution in [0.15, 0.2) is 17.2 Å². The van der Waals surface area contributed by atoms with Crippen molar-refractivity contribution >= 4 is 33.2 Å². The summed E-state index contributed by atoms with van der Waals surface area (Å²) in [5.41, 5.74) is 0. The Labute approximate surface area is 97.4 Å². The van der Waals surface area contributed by atoms with Crippen LogP contribution in [-0.4, -0.2) is 20.0 Å². The van der Waals surface area contributed by atoms with E-state index < -0.39 is 10.0 Å². The first-order valence-corrected chi connectivity index (χ1v) is 6.16. The molecule has 5 nitrogen and oxygen atoms in total. The van der Waals surface area contributed by atoms with Crippen molar-refractivity contribution in [2.75, 3.05) is 6.61 Å². The number of nitrogens with zero attached hydrogens (tertiary/aromatic N) is 1. The van der Waals surface area contributed by atoms with Crippen LogP contribution in [0.2, 0.25) is 10.2 Å². The molecule has 0 radical (unpaired) electrons. The summed E-state index contributed by atoms with van der Waals surface area (Å²) in [5, 5.41) is 0.114. The van der Waals surface area contributed by atoms with Gasteiger partial charge in [-0.3, -0.25) is 4.84 Å². The Bertz CT molecular complexity index is 450. The highest BCUT2D eigenvalue weighted by Crippen LogP contribution is 2.21. The summed E-state index contributed by atoms with van der Waals surface area (Å²) in [5.74, 6) is 0. The molecule has 0 bridgehead atoms. The molecule has 0 saturated carbocycles. The van der Waals surface area contributed by atoms with Crippen LogP contribution in [0, 0.1) is 0 Å². The van der Waals surface area contributed by atoms with Gasteiger partial charge in [-0.1, -0.05) is 28.1 Å². The predicted octanol–water partition coefficient (Wildman–Crippen LogP) is 1.62. The zero-order valence-electron chi connectivity index (χ0n) is 7.70. The van der Waals surface area contributed by atoms with E-state index in [2.05, 4.69) is 9.82 Å². The van der Waals surface area contributed by atoms with Crippen LogP contribution in [0.25, 0.3) is 0 Å². The molecule has 1 N–H and O–H groups in total. The van der Waals surface area contributed by atoms with Gasteiger partial charge < -0.3 is 0 Å². The van der Waals surface area contributed by atoms with Crippen LogP contribution >= 0.6 is 23.2 Å². The van der Waals surface area contributed by atoms with E-state index in [4.69, 9.17) is 23.2 Å². The lowest BCUT2D eigenvalue weighted by atomic mass is 10.5. The van der Waals surface area contributed by atoms with Crippen molar-refractivity contribution in [1.29, 1.82) is 0 Å². The Hall–Kier alpha value is -0.400. The molecule has 1 aromatic heterocycles. The number of pyridine rings is 1. The zero-order chi connectivity index (χ0) is 11.5. The minimum Gasteiger partial charge on any atom is -0.287 e. The van der Waals surface area contributed by atoms with E-state index >= 15 is 0 Å². The molecule has 0 unspecified atom stereocenters. The average molecular weight is 271 g/mol. The highest BCUT2D eigenvalue weighted by Gasteiger charge is 2.15. The molecular weight excluding hydrogens is 263 g/mol. The van der Waals surface area contributed by atoms with E-state index in [1.54, 1.807) is 6.92 Å². The van der Waals surface area contributed by atoms with Gasteiger partial charge in [-0.2, -0.15) is 0 Å². The normalized spacial score (nSPS) is 11.7. The molecule has 0 atom stereocenters. The summed E-state index contributed by atoms with van der Waals surface area (Å²) in [7, 11) is -3.74. The summed E-state index contributed by atoms with van der Waals surface area (Å²) >= 11 is 11.2. The summed E-state index contributed by atoms with van der Waals surface area (Å²) in [6, 6.07) is 1.19. The number of sulfonamides is 1. The monoisotopic (exact) mass is 270 g/mol. The quantitative estimate of drug-likeness (QED) is 0.667. The molecular formula is C7H8Cl2N2O3S. The Balaban J connectivity index is 3.00. The van der Waals surface area contributed by atoms with E-state index in [0.717, 1.165) is 6.20 Å².